The molecule has 0 heterocycles. The Morgan fingerprint density at radius 1 is 1.35 bits per heavy atom. The molecule has 0 radical (unpaired) electrons. The molecule has 0 saturated carbocycles. The van der Waals surface area contributed by atoms with Crippen molar-refractivity contribution >= 4 is 23.2 Å². The van der Waals surface area contributed by atoms with Crippen molar-refractivity contribution in [2.45, 2.75) is 33.3 Å². The van der Waals surface area contributed by atoms with Crippen molar-refractivity contribution in [3.05, 3.63) is 29.8 Å². The molecule has 0 atom stereocenters. The highest BCUT2D eigenvalue weighted by Gasteiger charge is 2.30. The Morgan fingerprint density at radius 3 is 2.65 bits per heavy atom. The lowest BCUT2D eigenvalue weighted by Crippen LogP contribution is -2.54. The van der Waals surface area contributed by atoms with E-state index in [4.69, 9.17) is 17.0 Å². The molecule has 0 aliphatic heterocycles. The topological polar surface area (TPSA) is 62.4 Å². The van der Waals surface area contributed by atoms with E-state index in [0.29, 0.717) is 17.4 Å². The minimum absolute atomic E-state index is 0.306. The van der Waals surface area contributed by atoms with Gasteiger partial charge in [-0.2, -0.15) is 0 Å². The number of aryl methyl sites for hydroxylation is 1. The molecule has 0 aliphatic carbocycles. The van der Waals surface area contributed by atoms with Gasteiger partial charge in [0.1, 0.15) is 5.75 Å². The van der Waals surface area contributed by atoms with Crippen LogP contribution in [-0.2, 0) is 4.79 Å². The molecule has 1 rings (SSSR count). The van der Waals surface area contributed by atoms with E-state index in [1.54, 1.807) is 13.8 Å². The summed E-state index contributed by atoms with van der Waals surface area (Å²) in [5.74, 6) is 0.346. The molecule has 1 aromatic rings. The molecule has 0 unspecified atom stereocenters. The van der Waals surface area contributed by atoms with Gasteiger partial charge in [-0.1, -0.05) is 12.1 Å². The van der Waals surface area contributed by atoms with E-state index in [1.807, 2.05) is 38.1 Å². The van der Waals surface area contributed by atoms with E-state index < -0.39 is 5.60 Å². The predicted molar refractivity (Wildman–Crippen MR) is 83.4 cm³/mol. The molecule has 5 nitrogen and oxygen atoms in total. The van der Waals surface area contributed by atoms with Crippen molar-refractivity contribution in [3.63, 3.8) is 0 Å². The Labute approximate surface area is 125 Å². The van der Waals surface area contributed by atoms with Gasteiger partial charge in [-0.05, 0) is 57.6 Å². The summed E-state index contributed by atoms with van der Waals surface area (Å²) < 4.78 is 5.72. The zero-order valence-electron chi connectivity index (χ0n) is 12.2. The van der Waals surface area contributed by atoms with Crippen molar-refractivity contribution in [1.82, 2.24) is 16.2 Å². The second kappa shape index (κ2) is 7.09. The summed E-state index contributed by atoms with van der Waals surface area (Å²) in [4.78, 5) is 12.1. The molecule has 0 aromatic heterocycles. The van der Waals surface area contributed by atoms with Crippen LogP contribution < -0.4 is 20.9 Å². The molecule has 6 heteroatoms. The zero-order valence-corrected chi connectivity index (χ0v) is 13.1. The van der Waals surface area contributed by atoms with Crippen molar-refractivity contribution in [1.29, 1.82) is 0 Å². The van der Waals surface area contributed by atoms with Gasteiger partial charge in [-0.15, -0.1) is 0 Å². The van der Waals surface area contributed by atoms with Crippen LogP contribution in [-0.4, -0.2) is 23.2 Å². The third-order valence-electron chi connectivity index (χ3n) is 2.54. The Bertz CT molecular complexity index is 489. The Hall–Kier alpha value is -1.82. The summed E-state index contributed by atoms with van der Waals surface area (Å²) in [5.41, 5.74) is 5.22. The quantitative estimate of drug-likeness (QED) is 0.582. The Kier molecular flexibility index (Phi) is 5.76. The van der Waals surface area contributed by atoms with Gasteiger partial charge in [-0.25, -0.2) is 0 Å². The molecule has 1 aromatic carbocycles. The number of hydrazine groups is 1. The molecule has 0 bridgehead atoms. The lowest BCUT2D eigenvalue weighted by Gasteiger charge is -2.25. The second-order valence-electron chi connectivity index (χ2n) is 4.87. The van der Waals surface area contributed by atoms with Crippen LogP contribution in [0.5, 0.6) is 5.75 Å². The van der Waals surface area contributed by atoms with Crippen LogP contribution in [0.4, 0.5) is 0 Å². The number of hydrogen-bond acceptors (Lipinski definition) is 3. The van der Waals surface area contributed by atoms with Gasteiger partial charge in [0.25, 0.3) is 5.91 Å². The van der Waals surface area contributed by atoms with Gasteiger partial charge >= 0.3 is 0 Å². The molecule has 0 fully saturated rings. The summed E-state index contributed by atoms with van der Waals surface area (Å²) in [6.07, 6.45) is 0. The number of hydrogen-bond donors (Lipinski definition) is 3. The van der Waals surface area contributed by atoms with Crippen molar-refractivity contribution in [2.75, 3.05) is 6.54 Å². The first-order chi connectivity index (χ1) is 9.35. The number of carbonyl (C=O) groups is 1. The number of rotatable bonds is 4. The summed E-state index contributed by atoms with van der Waals surface area (Å²) in [5, 5.41) is 3.24. The fourth-order valence-electron chi connectivity index (χ4n) is 1.49. The number of nitrogens with one attached hydrogen (secondary N) is 3. The first-order valence-electron chi connectivity index (χ1n) is 6.45. The summed E-state index contributed by atoms with van der Waals surface area (Å²) >= 11 is 4.96. The van der Waals surface area contributed by atoms with Crippen LogP contribution in [0.15, 0.2) is 24.3 Å². The SMILES string of the molecule is CCNC(=S)NNC(=O)C(C)(C)Oc1cccc(C)c1. The van der Waals surface area contributed by atoms with Crippen LogP contribution >= 0.6 is 12.2 Å². The van der Waals surface area contributed by atoms with Gasteiger partial charge < -0.3 is 10.1 Å². The molecule has 20 heavy (non-hydrogen) atoms. The van der Waals surface area contributed by atoms with Crippen LogP contribution in [0.3, 0.4) is 0 Å². The minimum atomic E-state index is -1.01. The largest absolute Gasteiger partial charge is 0.478 e. The van der Waals surface area contributed by atoms with E-state index in [0.717, 1.165) is 5.56 Å². The fraction of sp³-hybridized carbons (Fsp3) is 0.429. The first kappa shape index (κ1) is 16.2. The molecule has 0 spiro atoms. The zero-order chi connectivity index (χ0) is 15.2. The van der Waals surface area contributed by atoms with Gasteiger partial charge in [0.15, 0.2) is 10.7 Å². The van der Waals surface area contributed by atoms with Crippen LogP contribution in [0.1, 0.15) is 26.3 Å². The number of benzene rings is 1. The molecular formula is C14H21N3O2S. The minimum Gasteiger partial charge on any atom is -0.478 e. The Balaban J connectivity index is 2.59. The van der Waals surface area contributed by atoms with E-state index in [-0.39, 0.29) is 5.91 Å². The average Bonchev–Trinajstić information content (AvgIpc) is 2.35. The van der Waals surface area contributed by atoms with Gasteiger partial charge in [0.2, 0.25) is 0 Å². The predicted octanol–water partition coefficient (Wildman–Crippen LogP) is 1.67. The van der Waals surface area contributed by atoms with Gasteiger partial charge in [0.05, 0.1) is 0 Å². The maximum atomic E-state index is 12.1. The Morgan fingerprint density at radius 2 is 2.05 bits per heavy atom. The highest BCUT2D eigenvalue weighted by Crippen LogP contribution is 2.19. The number of ether oxygens (including phenoxy) is 1. The van der Waals surface area contributed by atoms with E-state index in [1.165, 1.54) is 0 Å². The van der Waals surface area contributed by atoms with Crippen LogP contribution in [0.25, 0.3) is 0 Å². The molecule has 0 saturated heterocycles. The number of amides is 1. The lowest BCUT2D eigenvalue weighted by molar-refractivity contribution is -0.134. The molecular weight excluding hydrogens is 274 g/mol. The average molecular weight is 295 g/mol. The first-order valence-corrected chi connectivity index (χ1v) is 6.86. The highest BCUT2D eigenvalue weighted by atomic mass is 32.1. The van der Waals surface area contributed by atoms with E-state index in [9.17, 15) is 4.79 Å². The van der Waals surface area contributed by atoms with E-state index >= 15 is 0 Å². The van der Waals surface area contributed by atoms with Crippen LogP contribution in [0, 0.1) is 6.92 Å². The molecule has 110 valence electrons. The fourth-order valence-corrected chi connectivity index (χ4v) is 1.68. The van der Waals surface area contributed by atoms with E-state index in [2.05, 4.69) is 16.2 Å². The maximum Gasteiger partial charge on any atom is 0.281 e. The maximum absolute atomic E-state index is 12.1. The molecule has 1 amide bonds. The van der Waals surface area contributed by atoms with Crippen molar-refractivity contribution < 1.29 is 9.53 Å². The third-order valence-corrected chi connectivity index (χ3v) is 2.78. The summed E-state index contributed by atoms with van der Waals surface area (Å²) in [6, 6.07) is 7.55. The van der Waals surface area contributed by atoms with Gasteiger partial charge in [-0.3, -0.25) is 15.6 Å². The second-order valence-corrected chi connectivity index (χ2v) is 5.28. The van der Waals surface area contributed by atoms with Crippen molar-refractivity contribution in [3.8, 4) is 5.75 Å². The molecule has 3 N–H and O–H groups in total. The third kappa shape index (κ3) is 5.05. The standard InChI is InChI=1S/C14H21N3O2S/c1-5-15-13(20)17-16-12(18)14(3,4)19-11-8-6-7-10(2)9-11/h6-9H,5H2,1-4H3,(H,16,18)(H2,15,17,20). The normalized spacial score (nSPS) is 10.6. The monoisotopic (exact) mass is 295 g/mol. The summed E-state index contributed by atoms with van der Waals surface area (Å²) in [7, 11) is 0. The highest BCUT2D eigenvalue weighted by molar-refractivity contribution is 7.80. The molecule has 0 aliphatic rings. The number of thiocarbonyl (C=S) groups is 1. The number of carbonyl (C=O) groups excluding carboxylic acids is 1. The van der Waals surface area contributed by atoms with Gasteiger partial charge in [0, 0.05) is 6.54 Å². The lowest BCUT2D eigenvalue weighted by atomic mass is 10.1. The van der Waals surface area contributed by atoms with Crippen molar-refractivity contribution in [2.24, 2.45) is 0 Å². The summed E-state index contributed by atoms with van der Waals surface area (Å²) in [6.45, 7) is 7.97. The smallest absolute Gasteiger partial charge is 0.281 e. The van der Waals surface area contributed by atoms with Crippen LogP contribution in [0.2, 0.25) is 0 Å².